The fraction of sp³-hybridized carbons (Fsp3) is 0.409. The van der Waals surface area contributed by atoms with Crippen LogP contribution in [0.3, 0.4) is 0 Å². The highest BCUT2D eigenvalue weighted by Gasteiger charge is 2.15. The molecule has 164 valence electrons. The molecule has 0 atom stereocenters. The molecule has 0 amide bonds. The summed E-state index contributed by atoms with van der Waals surface area (Å²) in [5.41, 5.74) is 4.67. The number of sulfone groups is 1. The van der Waals surface area contributed by atoms with Gasteiger partial charge in [0.2, 0.25) is 0 Å². The fourth-order valence-electron chi connectivity index (χ4n) is 3.72. The third-order valence-corrected chi connectivity index (χ3v) is 6.51. The Labute approximate surface area is 197 Å². The first-order chi connectivity index (χ1) is 13.9. The van der Waals surface area contributed by atoms with Gasteiger partial charge in [0.05, 0.1) is 4.90 Å². The van der Waals surface area contributed by atoms with E-state index in [2.05, 4.69) is 44.8 Å². The molecule has 3 rings (SSSR count). The molecule has 0 aliphatic carbocycles. The summed E-state index contributed by atoms with van der Waals surface area (Å²) < 4.78 is 23.5. The lowest BCUT2D eigenvalue weighted by Crippen LogP contribution is -2.42. The molecule has 2 aromatic rings. The van der Waals surface area contributed by atoms with Crippen molar-refractivity contribution in [3.05, 3.63) is 64.7 Å². The molecule has 30 heavy (non-hydrogen) atoms. The number of nitrogens with zero attached hydrogens (tertiary/aromatic N) is 2. The van der Waals surface area contributed by atoms with Crippen molar-refractivity contribution in [1.82, 2.24) is 15.5 Å². The molecule has 8 heteroatoms. The SMILES string of the molecule is CN=C(NCCN1CCc2ccccc2C1)NCc1ccc(S(C)(=O)=O)c(C)c1.I. The number of guanidine groups is 1. The van der Waals surface area contributed by atoms with Crippen LogP contribution in [0.5, 0.6) is 0 Å². The fourth-order valence-corrected chi connectivity index (χ4v) is 4.68. The molecule has 2 N–H and O–H groups in total. The molecule has 0 spiro atoms. The van der Waals surface area contributed by atoms with Gasteiger partial charge in [-0.3, -0.25) is 9.89 Å². The van der Waals surface area contributed by atoms with Gasteiger partial charge < -0.3 is 10.6 Å². The van der Waals surface area contributed by atoms with E-state index in [0.29, 0.717) is 11.4 Å². The average Bonchev–Trinajstić information content (AvgIpc) is 2.69. The van der Waals surface area contributed by atoms with Crippen molar-refractivity contribution >= 4 is 39.8 Å². The van der Waals surface area contributed by atoms with Crippen LogP contribution >= 0.6 is 24.0 Å². The zero-order valence-corrected chi connectivity index (χ0v) is 21.0. The molecule has 0 fully saturated rings. The standard InChI is InChI=1S/C22H30N4O2S.HI/c1-17-14-18(8-9-21(17)29(3,27)28)15-25-22(23-2)24-11-13-26-12-10-19-6-4-5-7-20(19)16-26;/h4-9,14H,10-13,15-16H2,1-3H3,(H2,23,24,25);1H. The van der Waals surface area contributed by atoms with Gasteiger partial charge in [0.15, 0.2) is 15.8 Å². The predicted molar refractivity (Wildman–Crippen MR) is 133 cm³/mol. The molecule has 1 aliphatic rings. The summed E-state index contributed by atoms with van der Waals surface area (Å²) in [5, 5.41) is 6.66. The summed E-state index contributed by atoms with van der Waals surface area (Å²) in [4.78, 5) is 7.12. The number of aryl methyl sites for hydroxylation is 1. The molecule has 1 aliphatic heterocycles. The minimum Gasteiger partial charge on any atom is -0.355 e. The molecular formula is C22H31IN4O2S. The molecule has 6 nitrogen and oxygen atoms in total. The van der Waals surface area contributed by atoms with E-state index in [9.17, 15) is 8.42 Å². The van der Waals surface area contributed by atoms with E-state index in [1.807, 2.05) is 19.1 Å². The number of nitrogens with one attached hydrogen (secondary N) is 2. The lowest BCUT2D eigenvalue weighted by molar-refractivity contribution is 0.258. The third-order valence-electron chi connectivity index (χ3n) is 5.25. The van der Waals surface area contributed by atoms with Gasteiger partial charge in [0.1, 0.15) is 0 Å². The van der Waals surface area contributed by atoms with Crippen molar-refractivity contribution in [2.75, 3.05) is 32.9 Å². The van der Waals surface area contributed by atoms with E-state index in [0.717, 1.165) is 49.7 Å². The van der Waals surface area contributed by atoms with Crippen molar-refractivity contribution < 1.29 is 8.42 Å². The molecule has 0 aromatic heterocycles. The number of hydrogen-bond donors (Lipinski definition) is 2. The van der Waals surface area contributed by atoms with Crippen molar-refractivity contribution in [3.63, 3.8) is 0 Å². The Morgan fingerprint density at radius 1 is 1.13 bits per heavy atom. The Morgan fingerprint density at radius 3 is 2.53 bits per heavy atom. The summed E-state index contributed by atoms with van der Waals surface area (Å²) in [7, 11) is -1.43. The van der Waals surface area contributed by atoms with Crippen LogP contribution < -0.4 is 10.6 Å². The third kappa shape index (κ3) is 6.68. The maximum atomic E-state index is 11.7. The number of halogens is 1. The van der Waals surface area contributed by atoms with Crippen LogP contribution in [0.15, 0.2) is 52.4 Å². The van der Waals surface area contributed by atoms with Gasteiger partial charge in [-0.25, -0.2) is 8.42 Å². The topological polar surface area (TPSA) is 73.8 Å². The zero-order valence-electron chi connectivity index (χ0n) is 17.8. The first-order valence-corrected chi connectivity index (χ1v) is 11.8. The average molecular weight is 542 g/mol. The second-order valence-corrected chi connectivity index (χ2v) is 9.50. The van der Waals surface area contributed by atoms with Crippen LogP contribution in [0.2, 0.25) is 0 Å². The number of fused-ring (bicyclic) bond motifs is 1. The zero-order chi connectivity index (χ0) is 20.9. The second-order valence-electron chi connectivity index (χ2n) is 7.52. The predicted octanol–water partition coefficient (Wildman–Crippen LogP) is 2.74. The summed E-state index contributed by atoms with van der Waals surface area (Å²) in [6.45, 7) is 6.25. The van der Waals surface area contributed by atoms with E-state index in [1.165, 1.54) is 17.4 Å². The molecular weight excluding hydrogens is 511 g/mol. The Hall–Kier alpha value is -1.65. The quantitative estimate of drug-likeness (QED) is 0.334. The summed E-state index contributed by atoms with van der Waals surface area (Å²) in [6.07, 6.45) is 2.34. The first-order valence-electron chi connectivity index (χ1n) is 9.90. The minimum absolute atomic E-state index is 0. The van der Waals surface area contributed by atoms with Gasteiger partial charge >= 0.3 is 0 Å². The number of benzene rings is 2. The van der Waals surface area contributed by atoms with Crippen LogP contribution in [0.25, 0.3) is 0 Å². The number of rotatable bonds is 6. The Bertz CT molecular complexity index is 992. The van der Waals surface area contributed by atoms with Crippen LogP contribution in [0.1, 0.15) is 22.3 Å². The van der Waals surface area contributed by atoms with Crippen molar-refractivity contribution in [1.29, 1.82) is 0 Å². The summed E-state index contributed by atoms with van der Waals surface area (Å²) >= 11 is 0. The Morgan fingerprint density at radius 2 is 1.87 bits per heavy atom. The van der Waals surface area contributed by atoms with Gasteiger partial charge in [-0.05, 0) is 41.7 Å². The minimum atomic E-state index is -3.19. The molecule has 0 radical (unpaired) electrons. The maximum absolute atomic E-state index is 11.7. The number of aliphatic imine (C=N–C) groups is 1. The highest BCUT2D eigenvalue weighted by Crippen LogP contribution is 2.18. The smallest absolute Gasteiger partial charge is 0.191 e. The van der Waals surface area contributed by atoms with Crippen molar-refractivity contribution in [2.24, 2.45) is 4.99 Å². The first kappa shape index (κ1) is 24.6. The highest BCUT2D eigenvalue weighted by atomic mass is 127. The Kier molecular flexibility index (Phi) is 9.11. The molecule has 0 bridgehead atoms. The Balaban J connectivity index is 0.00000320. The van der Waals surface area contributed by atoms with Crippen molar-refractivity contribution in [2.45, 2.75) is 31.3 Å². The lowest BCUT2D eigenvalue weighted by Gasteiger charge is -2.28. The molecule has 0 unspecified atom stereocenters. The molecule has 0 saturated carbocycles. The van der Waals surface area contributed by atoms with Crippen LogP contribution in [-0.2, 0) is 29.3 Å². The van der Waals surface area contributed by atoms with E-state index >= 15 is 0 Å². The van der Waals surface area contributed by atoms with Crippen LogP contribution in [-0.4, -0.2) is 52.2 Å². The van der Waals surface area contributed by atoms with E-state index in [1.54, 1.807) is 13.1 Å². The second kappa shape index (κ2) is 11.1. The van der Waals surface area contributed by atoms with Crippen LogP contribution in [0, 0.1) is 6.92 Å². The monoisotopic (exact) mass is 542 g/mol. The lowest BCUT2D eigenvalue weighted by atomic mass is 10.00. The maximum Gasteiger partial charge on any atom is 0.191 e. The molecule has 0 saturated heterocycles. The van der Waals surface area contributed by atoms with Crippen molar-refractivity contribution in [3.8, 4) is 0 Å². The molecule has 1 heterocycles. The van der Waals surface area contributed by atoms with Gasteiger partial charge in [0, 0.05) is 46.0 Å². The van der Waals surface area contributed by atoms with Gasteiger partial charge in [-0.2, -0.15) is 0 Å². The highest BCUT2D eigenvalue weighted by molar-refractivity contribution is 14.0. The van der Waals surface area contributed by atoms with Gasteiger partial charge in [0.25, 0.3) is 0 Å². The van der Waals surface area contributed by atoms with Crippen LogP contribution in [0.4, 0.5) is 0 Å². The van der Waals surface area contributed by atoms with E-state index in [-0.39, 0.29) is 24.0 Å². The summed E-state index contributed by atoms with van der Waals surface area (Å²) in [5.74, 6) is 0.743. The summed E-state index contributed by atoms with van der Waals surface area (Å²) in [6, 6.07) is 14.1. The van der Waals surface area contributed by atoms with Gasteiger partial charge in [-0.1, -0.05) is 36.4 Å². The largest absolute Gasteiger partial charge is 0.355 e. The number of hydrogen-bond acceptors (Lipinski definition) is 4. The molecule has 2 aromatic carbocycles. The normalized spacial score (nSPS) is 14.6. The van der Waals surface area contributed by atoms with E-state index in [4.69, 9.17) is 0 Å². The van der Waals surface area contributed by atoms with Gasteiger partial charge in [-0.15, -0.1) is 24.0 Å². The van der Waals surface area contributed by atoms with E-state index < -0.39 is 9.84 Å².